The Labute approximate surface area is 95.7 Å². The molecule has 0 bridgehead atoms. The number of ketones is 1. The molecule has 1 aromatic rings. The van der Waals surface area contributed by atoms with Crippen molar-refractivity contribution in [1.29, 1.82) is 0 Å². The highest BCUT2D eigenvalue weighted by Gasteiger charge is 1.96. The fourth-order valence-corrected chi connectivity index (χ4v) is 1.26. The lowest BCUT2D eigenvalue weighted by Gasteiger charge is -1.94. The zero-order chi connectivity index (χ0) is 11.8. The van der Waals surface area contributed by atoms with Gasteiger partial charge in [0.2, 0.25) is 0 Å². The Morgan fingerprint density at radius 1 is 1.25 bits per heavy atom. The molecule has 0 aliphatic rings. The van der Waals surface area contributed by atoms with Crippen LogP contribution >= 0.6 is 0 Å². The highest BCUT2D eigenvalue weighted by Crippen LogP contribution is 2.04. The number of carbonyl (C=O) groups is 1. The van der Waals surface area contributed by atoms with E-state index in [0.717, 1.165) is 18.4 Å². The van der Waals surface area contributed by atoms with Crippen LogP contribution in [0.25, 0.3) is 0 Å². The maximum Gasteiger partial charge on any atom is 0.159 e. The van der Waals surface area contributed by atoms with Gasteiger partial charge in [0.1, 0.15) is 0 Å². The molecule has 16 heavy (non-hydrogen) atoms. The van der Waals surface area contributed by atoms with Gasteiger partial charge in [0.25, 0.3) is 0 Å². The van der Waals surface area contributed by atoms with Gasteiger partial charge >= 0.3 is 0 Å². The third-order valence-electron chi connectivity index (χ3n) is 2.21. The molecule has 84 valence electrons. The number of benzene rings is 1. The molecule has 0 atom stereocenters. The Hall–Kier alpha value is -1.62. The molecule has 0 aliphatic carbocycles. The highest BCUT2D eigenvalue weighted by molar-refractivity contribution is 5.94. The first kappa shape index (κ1) is 12.4. The summed E-state index contributed by atoms with van der Waals surface area (Å²) in [5.41, 5.74) is 1.59. The molecular weight excluding hydrogens is 203 g/mol. The van der Waals surface area contributed by atoms with E-state index in [9.17, 15) is 9.18 Å². The first-order chi connectivity index (χ1) is 7.74. The Kier molecular flexibility index (Phi) is 5.28. The van der Waals surface area contributed by atoms with Crippen LogP contribution in [0.1, 0.15) is 42.1 Å². The minimum Gasteiger partial charge on any atom is -0.295 e. The van der Waals surface area contributed by atoms with Gasteiger partial charge in [-0.1, -0.05) is 24.0 Å². The average Bonchev–Trinajstić information content (AvgIpc) is 2.29. The molecule has 1 rings (SSSR count). The molecule has 0 spiro atoms. The molecule has 0 radical (unpaired) electrons. The van der Waals surface area contributed by atoms with Crippen molar-refractivity contribution in [3.63, 3.8) is 0 Å². The Morgan fingerprint density at radius 2 is 1.94 bits per heavy atom. The molecule has 0 heterocycles. The summed E-state index contributed by atoms with van der Waals surface area (Å²) in [7, 11) is 0. The molecule has 0 fully saturated rings. The predicted octanol–water partition coefficient (Wildman–Crippen LogP) is 3.38. The topological polar surface area (TPSA) is 17.1 Å². The lowest BCUT2D eigenvalue weighted by atomic mass is 10.1. The summed E-state index contributed by atoms with van der Waals surface area (Å²) in [4.78, 5) is 11.0. The number of alkyl halides is 1. The van der Waals surface area contributed by atoms with Gasteiger partial charge in [-0.25, -0.2) is 0 Å². The molecule has 0 aliphatic heterocycles. The van der Waals surface area contributed by atoms with Crippen molar-refractivity contribution in [1.82, 2.24) is 0 Å². The first-order valence-corrected chi connectivity index (χ1v) is 5.40. The second-order valence-electron chi connectivity index (χ2n) is 3.58. The number of carbonyl (C=O) groups excluding carboxylic acids is 1. The molecular formula is C14H15FO. The summed E-state index contributed by atoms with van der Waals surface area (Å²) in [5, 5.41) is 0. The predicted molar refractivity (Wildman–Crippen MR) is 63.2 cm³/mol. The molecule has 0 N–H and O–H groups in total. The van der Waals surface area contributed by atoms with Crippen molar-refractivity contribution in [3.8, 4) is 11.8 Å². The van der Waals surface area contributed by atoms with E-state index in [4.69, 9.17) is 0 Å². The number of rotatable bonds is 4. The summed E-state index contributed by atoms with van der Waals surface area (Å²) >= 11 is 0. The number of Topliss-reactive ketones (excluding diaryl/α,β-unsaturated/α-hetero) is 1. The van der Waals surface area contributed by atoms with Crippen LogP contribution in [0.3, 0.4) is 0 Å². The van der Waals surface area contributed by atoms with Crippen LogP contribution < -0.4 is 0 Å². The zero-order valence-electron chi connectivity index (χ0n) is 9.42. The second kappa shape index (κ2) is 6.79. The van der Waals surface area contributed by atoms with Gasteiger partial charge in [-0.2, -0.15) is 0 Å². The van der Waals surface area contributed by atoms with Crippen LogP contribution in [0.5, 0.6) is 0 Å². The summed E-state index contributed by atoms with van der Waals surface area (Å²) in [5.74, 6) is 6.03. The van der Waals surface area contributed by atoms with E-state index in [1.807, 2.05) is 12.1 Å². The maximum atomic E-state index is 11.8. The lowest BCUT2D eigenvalue weighted by molar-refractivity contribution is 0.101. The van der Waals surface area contributed by atoms with E-state index >= 15 is 0 Å². The average molecular weight is 218 g/mol. The van der Waals surface area contributed by atoms with E-state index in [0.29, 0.717) is 12.0 Å². The first-order valence-electron chi connectivity index (χ1n) is 5.40. The minimum atomic E-state index is -0.269. The van der Waals surface area contributed by atoms with Crippen molar-refractivity contribution in [2.45, 2.75) is 26.2 Å². The van der Waals surface area contributed by atoms with Gasteiger partial charge < -0.3 is 0 Å². The molecule has 1 nitrogen and oxygen atoms in total. The lowest BCUT2D eigenvalue weighted by Crippen LogP contribution is -1.90. The number of hydrogen-bond donors (Lipinski definition) is 0. The Bertz CT molecular complexity index is 395. The molecule has 2 heteroatoms. The van der Waals surface area contributed by atoms with E-state index in [1.165, 1.54) is 6.92 Å². The van der Waals surface area contributed by atoms with Crippen LogP contribution in [0.2, 0.25) is 0 Å². The van der Waals surface area contributed by atoms with Crippen molar-refractivity contribution < 1.29 is 9.18 Å². The van der Waals surface area contributed by atoms with E-state index in [2.05, 4.69) is 11.8 Å². The number of halogens is 1. The maximum absolute atomic E-state index is 11.8. The fraction of sp³-hybridized carbons (Fsp3) is 0.357. The number of hydrogen-bond acceptors (Lipinski definition) is 1. The van der Waals surface area contributed by atoms with Crippen LogP contribution in [0.15, 0.2) is 24.3 Å². The van der Waals surface area contributed by atoms with Gasteiger partial charge in [-0.05, 0) is 31.9 Å². The summed E-state index contributed by atoms with van der Waals surface area (Å²) in [6.45, 7) is 1.27. The molecule has 0 unspecified atom stereocenters. The summed E-state index contributed by atoms with van der Waals surface area (Å²) < 4.78 is 11.8. The SMILES string of the molecule is CC(=O)c1ccc(C#CCCCCF)cc1. The van der Waals surface area contributed by atoms with Crippen LogP contribution in [-0.4, -0.2) is 12.5 Å². The van der Waals surface area contributed by atoms with E-state index < -0.39 is 0 Å². The molecule has 0 amide bonds. The monoisotopic (exact) mass is 218 g/mol. The summed E-state index contributed by atoms with van der Waals surface area (Å²) in [6, 6.07) is 7.21. The highest BCUT2D eigenvalue weighted by atomic mass is 19.1. The van der Waals surface area contributed by atoms with Gasteiger partial charge in [-0.15, -0.1) is 0 Å². The summed E-state index contributed by atoms with van der Waals surface area (Å²) in [6.07, 6.45) is 2.10. The largest absolute Gasteiger partial charge is 0.295 e. The van der Waals surface area contributed by atoms with Crippen LogP contribution in [0.4, 0.5) is 4.39 Å². The minimum absolute atomic E-state index is 0.0578. The third kappa shape index (κ3) is 4.27. The standard InChI is InChI=1S/C14H15FO/c1-12(16)14-9-7-13(8-10-14)6-4-2-3-5-11-15/h7-10H,2-3,5,11H2,1H3. The van der Waals surface area contributed by atoms with E-state index in [1.54, 1.807) is 12.1 Å². The molecule has 0 saturated carbocycles. The quantitative estimate of drug-likeness (QED) is 0.430. The van der Waals surface area contributed by atoms with Gasteiger partial charge in [-0.3, -0.25) is 9.18 Å². The van der Waals surface area contributed by atoms with Crippen molar-refractivity contribution in [2.75, 3.05) is 6.67 Å². The van der Waals surface area contributed by atoms with E-state index in [-0.39, 0.29) is 12.5 Å². The third-order valence-corrected chi connectivity index (χ3v) is 2.21. The smallest absolute Gasteiger partial charge is 0.159 e. The molecule has 0 saturated heterocycles. The molecule has 0 aromatic heterocycles. The molecule has 1 aromatic carbocycles. The zero-order valence-corrected chi connectivity index (χ0v) is 9.42. The van der Waals surface area contributed by atoms with Crippen molar-refractivity contribution >= 4 is 5.78 Å². The Morgan fingerprint density at radius 3 is 2.50 bits per heavy atom. The van der Waals surface area contributed by atoms with Gasteiger partial charge in [0, 0.05) is 17.5 Å². The normalized spacial score (nSPS) is 9.38. The van der Waals surface area contributed by atoms with Crippen molar-refractivity contribution in [3.05, 3.63) is 35.4 Å². The second-order valence-corrected chi connectivity index (χ2v) is 3.58. The van der Waals surface area contributed by atoms with Crippen LogP contribution in [-0.2, 0) is 0 Å². The van der Waals surface area contributed by atoms with Gasteiger partial charge in [0.05, 0.1) is 6.67 Å². The van der Waals surface area contributed by atoms with Crippen molar-refractivity contribution in [2.24, 2.45) is 0 Å². The Balaban J connectivity index is 2.51. The fourth-order valence-electron chi connectivity index (χ4n) is 1.26. The number of unbranched alkanes of at least 4 members (excludes halogenated alkanes) is 2. The van der Waals surface area contributed by atoms with Gasteiger partial charge in [0.15, 0.2) is 5.78 Å². The van der Waals surface area contributed by atoms with Crippen LogP contribution in [0, 0.1) is 11.8 Å².